The highest BCUT2D eigenvalue weighted by molar-refractivity contribution is 6.41. The van der Waals surface area contributed by atoms with Gasteiger partial charge < -0.3 is 15.0 Å². The zero-order valence-corrected chi connectivity index (χ0v) is 11.5. The molecule has 2 N–H and O–H groups in total. The molecule has 7 heteroatoms. The van der Waals surface area contributed by atoms with Crippen LogP contribution >= 0.6 is 23.2 Å². The van der Waals surface area contributed by atoms with E-state index in [1.165, 1.54) is 11.0 Å². The minimum atomic E-state index is -0.948. The summed E-state index contributed by atoms with van der Waals surface area (Å²) in [5.74, 6) is -1.27. The summed E-state index contributed by atoms with van der Waals surface area (Å²) in [5, 5.41) is 9.12. The van der Waals surface area contributed by atoms with Gasteiger partial charge in [0.1, 0.15) is 10.8 Å². The molecule has 0 fully saturated rings. The lowest BCUT2D eigenvalue weighted by molar-refractivity contribution is -0.137. The van der Waals surface area contributed by atoms with Crippen molar-refractivity contribution in [1.82, 2.24) is 9.88 Å². The van der Waals surface area contributed by atoms with Gasteiger partial charge in [0, 0.05) is 12.6 Å². The molecule has 0 atom stereocenters. The van der Waals surface area contributed by atoms with E-state index in [0.29, 0.717) is 0 Å². The number of carbonyl (C=O) groups is 2. The van der Waals surface area contributed by atoms with E-state index in [-0.39, 0.29) is 40.8 Å². The highest BCUT2D eigenvalue weighted by Crippen LogP contribution is 2.23. The fourth-order valence-electron chi connectivity index (χ4n) is 1.48. The average Bonchev–Trinajstić information content (AvgIpc) is 2.58. The van der Waals surface area contributed by atoms with Crippen LogP contribution in [0.3, 0.4) is 0 Å². The van der Waals surface area contributed by atoms with E-state index < -0.39 is 5.97 Å². The first-order chi connectivity index (χ1) is 8.32. The number of aromatic amines is 1. The molecule has 1 aromatic heterocycles. The third-order valence-corrected chi connectivity index (χ3v) is 3.10. The summed E-state index contributed by atoms with van der Waals surface area (Å²) < 4.78 is 0. The van der Waals surface area contributed by atoms with E-state index in [1.807, 2.05) is 13.8 Å². The Kier molecular flexibility index (Phi) is 5.04. The predicted octanol–water partition coefficient (Wildman–Crippen LogP) is 2.65. The summed E-state index contributed by atoms with van der Waals surface area (Å²) in [6, 6.07) is 1.32. The number of aromatic nitrogens is 1. The first-order valence-electron chi connectivity index (χ1n) is 5.39. The zero-order chi connectivity index (χ0) is 13.9. The molecule has 1 aromatic rings. The van der Waals surface area contributed by atoms with Crippen molar-refractivity contribution >= 4 is 35.1 Å². The molecule has 1 rings (SSSR count). The molecule has 0 aromatic carbocycles. The van der Waals surface area contributed by atoms with Gasteiger partial charge >= 0.3 is 5.97 Å². The lowest BCUT2D eigenvalue weighted by Gasteiger charge is -2.25. The number of hydrogen-bond donors (Lipinski definition) is 2. The second-order valence-electron chi connectivity index (χ2n) is 4.08. The molecule has 1 amide bonds. The van der Waals surface area contributed by atoms with Gasteiger partial charge in [-0.05, 0) is 19.9 Å². The van der Waals surface area contributed by atoms with E-state index in [9.17, 15) is 9.59 Å². The number of carbonyl (C=O) groups excluding carboxylic acids is 1. The van der Waals surface area contributed by atoms with Gasteiger partial charge in [0.15, 0.2) is 0 Å². The van der Waals surface area contributed by atoms with Crippen LogP contribution in [0.15, 0.2) is 6.07 Å². The van der Waals surface area contributed by atoms with Crippen molar-refractivity contribution in [3.05, 3.63) is 21.9 Å². The van der Waals surface area contributed by atoms with Crippen LogP contribution in [0.4, 0.5) is 0 Å². The molecule has 5 nitrogen and oxygen atoms in total. The van der Waals surface area contributed by atoms with Crippen LogP contribution < -0.4 is 0 Å². The summed E-state index contributed by atoms with van der Waals surface area (Å²) in [4.78, 5) is 26.8. The Bertz CT molecular complexity index is 438. The van der Waals surface area contributed by atoms with Crippen LogP contribution in [-0.2, 0) is 4.79 Å². The van der Waals surface area contributed by atoms with E-state index in [2.05, 4.69) is 4.98 Å². The second-order valence-corrected chi connectivity index (χ2v) is 4.87. The molecular formula is C11H14Cl2N2O3. The van der Waals surface area contributed by atoms with E-state index in [4.69, 9.17) is 28.3 Å². The smallest absolute Gasteiger partial charge is 0.305 e. The predicted molar refractivity (Wildman–Crippen MR) is 69.2 cm³/mol. The maximum atomic E-state index is 12.1. The highest BCUT2D eigenvalue weighted by Gasteiger charge is 2.21. The van der Waals surface area contributed by atoms with Gasteiger partial charge in [0.05, 0.1) is 11.4 Å². The molecule has 0 aliphatic carbocycles. The first-order valence-corrected chi connectivity index (χ1v) is 6.15. The van der Waals surface area contributed by atoms with Crippen molar-refractivity contribution in [2.75, 3.05) is 6.54 Å². The Morgan fingerprint density at radius 1 is 1.44 bits per heavy atom. The normalized spacial score (nSPS) is 10.7. The first kappa shape index (κ1) is 14.9. The molecule has 0 saturated heterocycles. The van der Waals surface area contributed by atoms with Crippen LogP contribution in [-0.4, -0.2) is 39.5 Å². The number of hydrogen-bond acceptors (Lipinski definition) is 2. The molecule has 0 bridgehead atoms. The second kappa shape index (κ2) is 6.11. The standard InChI is InChI=1S/C11H14Cl2N2O3/c1-6(2)15(4-3-9(16)17)11(18)8-5-7(12)10(13)14-8/h5-6,14H,3-4H2,1-2H3,(H,16,17). The molecule has 0 saturated carbocycles. The van der Waals surface area contributed by atoms with Gasteiger partial charge in [-0.25, -0.2) is 0 Å². The monoisotopic (exact) mass is 292 g/mol. The summed E-state index contributed by atoms with van der Waals surface area (Å²) in [6.07, 6.45) is -0.105. The van der Waals surface area contributed by atoms with E-state index in [1.54, 1.807) is 0 Å². The maximum Gasteiger partial charge on any atom is 0.305 e. The number of carboxylic acid groups (broad SMARTS) is 1. The zero-order valence-electron chi connectivity index (χ0n) is 10.0. The van der Waals surface area contributed by atoms with Crippen LogP contribution in [0, 0.1) is 0 Å². The summed E-state index contributed by atoms with van der Waals surface area (Å²) in [5.41, 5.74) is 0.254. The van der Waals surface area contributed by atoms with Crippen molar-refractivity contribution in [2.45, 2.75) is 26.3 Å². The average molecular weight is 293 g/mol. The highest BCUT2D eigenvalue weighted by atomic mass is 35.5. The Morgan fingerprint density at radius 3 is 2.44 bits per heavy atom. The number of aliphatic carboxylic acids is 1. The third-order valence-electron chi connectivity index (χ3n) is 2.41. The van der Waals surface area contributed by atoms with Gasteiger partial charge in [0.25, 0.3) is 5.91 Å². The van der Waals surface area contributed by atoms with Gasteiger partial charge in [-0.1, -0.05) is 23.2 Å². The molecule has 100 valence electrons. The quantitative estimate of drug-likeness (QED) is 0.876. The molecule has 0 spiro atoms. The Hall–Kier alpha value is -1.20. The Labute approximate surface area is 115 Å². The molecule has 1 heterocycles. The minimum absolute atomic E-state index is 0.105. The number of nitrogens with one attached hydrogen (secondary N) is 1. The number of amides is 1. The van der Waals surface area contributed by atoms with Crippen molar-refractivity contribution in [2.24, 2.45) is 0 Å². The summed E-state index contributed by atoms with van der Waals surface area (Å²) >= 11 is 11.5. The number of H-pyrrole nitrogens is 1. The Balaban J connectivity index is 2.85. The SMILES string of the molecule is CC(C)N(CCC(=O)O)C(=O)c1cc(Cl)c(Cl)[nH]1. The lowest BCUT2D eigenvalue weighted by atomic mass is 10.2. The number of rotatable bonds is 5. The molecule has 18 heavy (non-hydrogen) atoms. The topological polar surface area (TPSA) is 73.4 Å². The minimum Gasteiger partial charge on any atom is -0.481 e. The van der Waals surface area contributed by atoms with Gasteiger partial charge in [-0.2, -0.15) is 0 Å². The fraction of sp³-hybridized carbons (Fsp3) is 0.455. The largest absolute Gasteiger partial charge is 0.481 e. The number of halogens is 2. The Morgan fingerprint density at radius 2 is 2.06 bits per heavy atom. The van der Waals surface area contributed by atoms with Crippen molar-refractivity contribution in [1.29, 1.82) is 0 Å². The van der Waals surface area contributed by atoms with Gasteiger partial charge in [-0.15, -0.1) is 0 Å². The fourth-order valence-corrected chi connectivity index (χ4v) is 1.80. The van der Waals surface area contributed by atoms with E-state index in [0.717, 1.165) is 0 Å². The molecule has 0 unspecified atom stereocenters. The molecule has 0 aliphatic rings. The lowest BCUT2D eigenvalue weighted by Crippen LogP contribution is -2.38. The molecule has 0 radical (unpaired) electrons. The van der Waals surface area contributed by atoms with Crippen molar-refractivity contribution < 1.29 is 14.7 Å². The third kappa shape index (κ3) is 3.65. The van der Waals surface area contributed by atoms with Crippen LogP contribution in [0.2, 0.25) is 10.2 Å². The summed E-state index contributed by atoms with van der Waals surface area (Å²) in [7, 11) is 0. The van der Waals surface area contributed by atoms with Crippen LogP contribution in [0.5, 0.6) is 0 Å². The van der Waals surface area contributed by atoms with Crippen molar-refractivity contribution in [3.8, 4) is 0 Å². The van der Waals surface area contributed by atoms with Gasteiger partial charge in [-0.3, -0.25) is 9.59 Å². The van der Waals surface area contributed by atoms with Crippen molar-refractivity contribution in [3.63, 3.8) is 0 Å². The number of carboxylic acids is 1. The summed E-state index contributed by atoms with van der Waals surface area (Å²) in [6.45, 7) is 3.76. The van der Waals surface area contributed by atoms with Gasteiger partial charge in [0.2, 0.25) is 0 Å². The van der Waals surface area contributed by atoms with Crippen LogP contribution in [0.25, 0.3) is 0 Å². The number of nitrogens with zero attached hydrogens (tertiary/aromatic N) is 1. The maximum absolute atomic E-state index is 12.1. The molecule has 0 aliphatic heterocycles. The molecular weight excluding hydrogens is 279 g/mol. The van der Waals surface area contributed by atoms with Crippen LogP contribution in [0.1, 0.15) is 30.8 Å². The van der Waals surface area contributed by atoms with E-state index >= 15 is 0 Å².